The van der Waals surface area contributed by atoms with E-state index in [1.165, 1.54) is 4.90 Å². The number of rotatable bonds is 12. The van der Waals surface area contributed by atoms with Crippen LogP contribution in [-0.2, 0) is 26.2 Å². The van der Waals surface area contributed by atoms with Crippen molar-refractivity contribution in [2.75, 3.05) is 23.7 Å². The van der Waals surface area contributed by atoms with Gasteiger partial charge in [-0.25, -0.2) is 17.2 Å². The maximum Gasteiger partial charge on any atom is 0.242 e. The maximum atomic E-state index is 13.7. The first-order valence-corrected chi connectivity index (χ1v) is 13.4. The van der Waals surface area contributed by atoms with Gasteiger partial charge in [0.2, 0.25) is 21.8 Å². The Kier molecular flexibility index (Phi) is 10.5. The van der Waals surface area contributed by atoms with Gasteiger partial charge in [-0.2, -0.15) is 0 Å². The SMILES string of the molecule is CCCNC(=O)C(C)N(Cc1ccc(Cl)cc1)C(=O)CCCN(c1ccc(F)c(F)c1)S(C)(=O)=O. The molecule has 0 fully saturated rings. The molecule has 35 heavy (non-hydrogen) atoms. The molecule has 2 amide bonds. The van der Waals surface area contributed by atoms with Crippen molar-refractivity contribution in [1.82, 2.24) is 10.2 Å². The van der Waals surface area contributed by atoms with E-state index in [0.29, 0.717) is 11.6 Å². The second-order valence-corrected chi connectivity index (χ2v) is 10.5. The first-order valence-electron chi connectivity index (χ1n) is 11.2. The van der Waals surface area contributed by atoms with E-state index in [0.717, 1.165) is 40.7 Å². The number of nitrogens with zero attached hydrogens (tertiary/aromatic N) is 2. The van der Waals surface area contributed by atoms with E-state index in [4.69, 9.17) is 11.6 Å². The largest absolute Gasteiger partial charge is 0.354 e. The number of benzene rings is 2. The fourth-order valence-electron chi connectivity index (χ4n) is 3.41. The number of hydrogen-bond donors (Lipinski definition) is 1. The molecule has 192 valence electrons. The number of halogens is 3. The molecule has 0 heterocycles. The van der Waals surface area contributed by atoms with E-state index in [2.05, 4.69) is 5.32 Å². The van der Waals surface area contributed by atoms with Gasteiger partial charge in [0.1, 0.15) is 6.04 Å². The molecule has 1 atom stereocenters. The first kappa shape index (κ1) is 28.5. The van der Waals surface area contributed by atoms with Gasteiger partial charge in [-0.3, -0.25) is 13.9 Å². The molecule has 0 radical (unpaired) electrons. The third kappa shape index (κ3) is 8.47. The summed E-state index contributed by atoms with van der Waals surface area (Å²) in [5.74, 6) is -2.91. The average Bonchev–Trinajstić information content (AvgIpc) is 2.80. The zero-order valence-electron chi connectivity index (χ0n) is 19.9. The lowest BCUT2D eigenvalue weighted by Gasteiger charge is -2.29. The Hall–Kier alpha value is -2.72. The van der Waals surface area contributed by atoms with Crippen LogP contribution in [0.1, 0.15) is 38.7 Å². The molecule has 0 saturated heterocycles. The summed E-state index contributed by atoms with van der Waals surface area (Å²) in [5.41, 5.74) is 0.738. The van der Waals surface area contributed by atoms with Gasteiger partial charge in [0.05, 0.1) is 11.9 Å². The lowest BCUT2D eigenvalue weighted by Crippen LogP contribution is -2.47. The summed E-state index contributed by atoms with van der Waals surface area (Å²) in [6.07, 6.45) is 1.73. The molecule has 11 heteroatoms. The Balaban J connectivity index is 2.16. The molecule has 1 unspecified atom stereocenters. The minimum absolute atomic E-state index is 0.0378. The Labute approximate surface area is 210 Å². The van der Waals surface area contributed by atoms with Crippen molar-refractivity contribution in [3.63, 3.8) is 0 Å². The Morgan fingerprint density at radius 1 is 1.09 bits per heavy atom. The smallest absolute Gasteiger partial charge is 0.242 e. The first-order chi connectivity index (χ1) is 16.4. The van der Waals surface area contributed by atoms with Crippen LogP contribution in [0.2, 0.25) is 5.02 Å². The number of anilines is 1. The van der Waals surface area contributed by atoms with E-state index >= 15 is 0 Å². The molecule has 0 bridgehead atoms. The van der Waals surface area contributed by atoms with Crippen LogP contribution < -0.4 is 9.62 Å². The number of carbonyl (C=O) groups is 2. The second-order valence-electron chi connectivity index (χ2n) is 8.15. The third-order valence-electron chi connectivity index (χ3n) is 5.33. The van der Waals surface area contributed by atoms with E-state index in [-0.39, 0.29) is 43.4 Å². The summed E-state index contributed by atoms with van der Waals surface area (Å²) in [7, 11) is -3.82. The number of carbonyl (C=O) groups excluding carboxylic acids is 2. The number of sulfonamides is 1. The molecule has 2 rings (SSSR count). The molecule has 0 spiro atoms. The summed E-state index contributed by atoms with van der Waals surface area (Å²) in [6, 6.07) is 8.93. The molecule has 2 aromatic rings. The molecule has 0 aliphatic carbocycles. The van der Waals surface area contributed by atoms with Gasteiger partial charge in [-0.15, -0.1) is 0 Å². The zero-order valence-corrected chi connectivity index (χ0v) is 21.5. The highest BCUT2D eigenvalue weighted by Gasteiger charge is 2.26. The Morgan fingerprint density at radius 2 is 1.74 bits per heavy atom. The Bertz CT molecular complexity index is 1130. The van der Waals surface area contributed by atoms with Gasteiger partial charge in [0, 0.05) is 37.1 Å². The van der Waals surface area contributed by atoms with Crippen LogP contribution in [0, 0.1) is 11.6 Å². The van der Waals surface area contributed by atoms with E-state index in [9.17, 15) is 26.8 Å². The van der Waals surface area contributed by atoms with Crippen LogP contribution >= 0.6 is 11.6 Å². The van der Waals surface area contributed by atoms with Crippen LogP contribution in [0.25, 0.3) is 0 Å². The molecule has 1 N–H and O–H groups in total. The topological polar surface area (TPSA) is 86.8 Å². The number of nitrogens with one attached hydrogen (secondary N) is 1. The summed E-state index contributed by atoms with van der Waals surface area (Å²) in [5, 5.41) is 3.32. The predicted octanol–water partition coefficient (Wildman–Crippen LogP) is 4.11. The molecule has 0 aromatic heterocycles. The summed E-state index contributed by atoms with van der Waals surface area (Å²) in [6.45, 7) is 4.06. The zero-order chi connectivity index (χ0) is 26.2. The summed E-state index contributed by atoms with van der Waals surface area (Å²) >= 11 is 5.94. The van der Waals surface area contributed by atoms with Crippen molar-refractivity contribution in [1.29, 1.82) is 0 Å². The molecular formula is C24H30ClF2N3O4S. The molecular weight excluding hydrogens is 500 g/mol. The lowest BCUT2D eigenvalue weighted by atomic mass is 10.1. The van der Waals surface area contributed by atoms with Crippen molar-refractivity contribution in [3.8, 4) is 0 Å². The lowest BCUT2D eigenvalue weighted by molar-refractivity contribution is -0.140. The highest BCUT2D eigenvalue weighted by molar-refractivity contribution is 7.92. The van der Waals surface area contributed by atoms with Crippen molar-refractivity contribution >= 4 is 39.1 Å². The monoisotopic (exact) mass is 529 g/mol. The summed E-state index contributed by atoms with van der Waals surface area (Å²) < 4.78 is 52.4. The molecule has 0 saturated carbocycles. The predicted molar refractivity (Wildman–Crippen MR) is 133 cm³/mol. The van der Waals surface area contributed by atoms with Gasteiger partial charge in [0.15, 0.2) is 11.6 Å². The third-order valence-corrected chi connectivity index (χ3v) is 6.77. The normalized spacial score (nSPS) is 12.2. The fourth-order valence-corrected chi connectivity index (χ4v) is 4.49. The van der Waals surface area contributed by atoms with E-state index < -0.39 is 27.7 Å². The summed E-state index contributed by atoms with van der Waals surface area (Å²) in [4.78, 5) is 27.1. The average molecular weight is 530 g/mol. The minimum atomic E-state index is -3.82. The van der Waals surface area contributed by atoms with Gasteiger partial charge >= 0.3 is 0 Å². The standard InChI is InChI=1S/C24H30ClF2N3O4S/c1-4-13-28-24(32)17(2)29(16-18-7-9-19(25)10-8-18)23(31)6-5-14-30(35(3,33)34)20-11-12-21(26)22(27)15-20/h7-12,15,17H,4-6,13-14,16H2,1-3H3,(H,28,32). The quantitative estimate of drug-likeness (QED) is 0.448. The van der Waals surface area contributed by atoms with Crippen molar-refractivity contribution in [2.45, 2.75) is 45.7 Å². The van der Waals surface area contributed by atoms with Gasteiger partial charge in [-0.1, -0.05) is 30.7 Å². The molecule has 7 nitrogen and oxygen atoms in total. The highest BCUT2D eigenvalue weighted by atomic mass is 35.5. The van der Waals surface area contributed by atoms with Crippen molar-refractivity contribution in [2.24, 2.45) is 0 Å². The van der Waals surface area contributed by atoms with Crippen LogP contribution in [0.15, 0.2) is 42.5 Å². The molecule has 0 aliphatic rings. The van der Waals surface area contributed by atoms with Crippen molar-refractivity contribution < 1.29 is 26.8 Å². The fraction of sp³-hybridized carbons (Fsp3) is 0.417. The van der Waals surface area contributed by atoms with E-state index in [1.807, 2.05) is 6.92 Å². The highest BCUT2D eigenvalue weighted by Crippen LogP contribution is 2.22. The van der Waals surface area contributed by atoms with Crippen LogP contribution in [0.5, 0.6) is 0 Å². The second kappa shape index (κ2) is 12.8. The molecule has 2 aromatic carbocycles. The van der Waals surface area contributed by atoms with Gasteiger partial charge in [-0.05, 0) is 49.6 Å². The van der Waals surface area contributed by atoms with Crippen LogP contribution in [-0.4, -0.2) is 50.5 Å². The Morgan fingerprint density at radius 3 is 2.31 bits per heavy atom. The molecule has 0 aliphatic heterocycles. The number of amides is 2. The van der Waals surface area contributed by atoms with Crippen LogP contribution in [0.4, 0.5) is 14.5 Å². The van der Waals surface area contributed by atoms with Crippen molar-refractivity contribution in [3.05, 3.63) is 64.7 Å². The van der Waals surface area contributed by atoms with Gasteiger partial charge in [0.25, 0.3) is 0 Å². The van der Waals surface area contributed by atoms with E-state index in [1.54, 1.807) is 31.2 Å². The van der Waals surface area contributed by atoms with Gasteiger partial charge < -0.3 is 10.2 Å². The number of hydrogen-bond acceptors (Lipinski definition) is 4. The minimum Gasteiger partial charge on any atom is -0.354 e. The van der Waals surface area contributed by atoms with Crippen LogP contribution in [0.3, 0.4) is 0 Å². The maximum absolute atomic E-state index is 13.7.